The Morgan fingerprint density at radius 1 is 1.15 bits per heavy atom. The quantitative estimate of drug-likeness (QED) is 0.551. The van der Waals surface area contributed by atoms with Crippen molar-refractivity contribution in [3.05, 3.63) is 70.7 Å². The summed E-state index contributed by atoms with van der Waals surface area (Å²) in [5.74, 6) is 1.93. The van der Waals surface area contributed by atoms with Gasteiger partial charge in [0.05, 0.1) is 6.54 Å². The zero-order chi connectivity index (χ0) is 18.8. The minimum absolute atomic E-state index is 0.529. The lowest BCUT2D eigenvalue weighted by Crippen LogP contribution is -2.38. The first-order valence-corrected chi connectivity index (χ1v) is 10.6. The van der Waals surface area contributed by atoms with Gasteiger partial charge in [0.25, 0.3) is 0 Å². The van der Waals surface area contributed by atoms with Gasteiger partial charge in [0, 0.05) is 47.5 Å². The number of nitrogens with zero attached hydrogens (tertiary/aromatic N) is 2. The van der Waals surface area contributed by atoms with Crippen molar-refractivity contribution in [1.82, 2.24) is 10.2 Å². The van der Waals surface area contributed by atoms with Gasteiger partial charge in [-0.1, -0.05) is 54.1 Å². The van der Waals surface area contributed by atoms with Crippen molar-refractivity contribution < 1.29 is 4.21 Å². The topological polar surface area (TPSA) is 44.7 Å². The van der Waals surface area contributed by atoms with Crippen LogP contribution < -0.4 is 5.32 Å². The van der Waals surface area contributed by atoms with Gasteiger partial charge in [-0.25, -0.2) is 0 Å². The van der Waals surface area contributed by atoms with Crippen LogP contribution in [0.3, 0.4) is 0 Å². The molecule has 0 saturated carbocycles. The second kappa shape index (κ2) is 11.0. The molecule has 1 atom stereocenters. The molecule has 0 amide bonds. The van der Waals surface area contributed by atoms with E-state index in [2.05, 4.69) is 15.2 Å². The van der Waals surface area contributed by atoms with Gasteiger partial charge in [0.2, 0.25) is 0 Å². The van der Waals surface area contributed by atoms with E-state index < -0.39 is 10.8 Å². The SMILES string of the molecule is CCNC(=NCCS(=O)Cc1ccccc1)N(C)Cc1cccc(Cl)c1. The minimum atomic E-state index is -0.916. The van der Waals surface area contributed by atoms with Crippen LogP contribution in [-0.2, 0) is 23.1 Å². The molecule has 2 aromatic rings. The predicted octanol–water partition coefficient (Wildman–Crippen LogP) is 3.69. The van der Waals surface area contributed by atoms with Crippen molar-refractivity contribution in [2.24, 2.45) is 4.99 Å². The van der Waals surface area contributed by atoms with E-state index >= 15 is 0 Å². The highest BCUT2D eigenvalue weighted by Crippen LogP contribution is 2.12. The molecule has 2 aromatic carbocycles. The monoisotopic (exact) mass is 391 g/mol. The summed E-state index contributed by atoms with van der Waals surface area (Å²) < 4.78 is 12.2. The van der Waals surface area contributed by atoms with Crippen LogP contribution in [0.5, 0.6) is 0 Å². The summed E-state index contributed by atoms with van der Waals surface area (Å²) in [6.07, 6.45) is 0. The van der Waals surface area contributed by atoms with E-state index in [1.807, 2.05) is 68.6 Å². The molecule has 0 saturated heterocycles. The van der Waals surface area contributed by atoms with Gasteiger partial charge in [-0.05, 0) is 30.2 Å². The molecule has 140 valence electrons. The molecule has 4 nitrogen and oxygen atoms in total. The summed E-state index contributed by atoms with van der Waals surface area (Å²) in [6, 6.07) is 17.7. The second-order valence-electron chi connectivity index (χ2n) is 6.00. The standard InChI is InChI=1S/C20H26ClN3OS/c1-3-22-20(24(2)15-18-10-7-11-19(21)14-18)23-12-13-26(25)16-17-8-5-4-6-9-17/h4-11,14H,3,12-13,15-16H2,1-2H3,(H,22,23). The lowest BCUT2D eigenvalue weighted by atomic mass is 10.2. The van der Waals surface area contributed by atoms with Gasteiger partial charge in [-0.2, -0.15) is 0 Å². The zero-order valence-corrected chi connectivity index (χ0v) is 16.9. The van der Waals surface area contributed by atoms with Gasteiger partial charge < -0.3 is 10.2 Å². The van der Waals surface area contributed by atoms with Crippen LogP contribution in [0.15, 0.2) is 59.6 Å². The average molecular weight is 392 g/mol. The van der Waals surface area contributed by atoms with Crippen LogP contribution >= 0.6 is 11.6 Å². The summed E-state index contributed by atoms with van der Waals surface area (Å²) in [4.78, 5) is 6.67. The summed E-state index contributed by atoms with van der Waals surface area (Å²) in [5.41, 5.74) is 2.22. The fraction of sp³-hybridized carbons (Fsp3) is 0.350. The molecule has 0 heterocycles. The molecule has 0 spiro atoms. The predicted molar refractivity (Wildman–Crippen MR) is 112 cm³/mol. The molecule has 0 bridgehead atoms. The Hall–Kier alpha value is -1.85. The minimum Gasteiger partial charge on any atom is -0.357 e. The molecule has 0 fully saturated rings. The number of aliphatic imine (C=N–C) groups is 1. The van der Waals surface area contributed by atoms with E-state index in [4.69, 9.17) is 11.6 Å². The van der Waals surface area contributed by atoms with Gasteiger partial charge in [-0.3, -0.25) is 9.20 Å². The Balaban J connectivity index is 1.89. The normalized spacial score (nSPS) is 12.7. The fourth-order valence-electron chi connectivity index (χ4n) is 2.54. The number of hydrogen-bond donors (Lipinski definition) is 1. The number of benzene rings is 2. The molecule has 26 heavy (non-hydrogen) atoms. The van der Waals surface area contributed by atoms with Crippen molar-refractivity contribution in [3.63, 3.8) is 0 Å². The Labute approximate surface area is 163 Å². The van der Waals surface area contributed by atoms with E-state index in [0.717, 1.165) is 28.7 Å². The van der Waals surface area contributed by atoms with Crippen molar-refractivity contribution in [3.8, 4) is 0 Å². The number of guanidine groups is 1. The second-order valence-corrected chi connectivity index (χ2v) is 8.01. The van der Waals surface area contributed by atoms with E-state index in [-0.39, 0.29) is 0 Å². The molecule has 1 N–H and O–H groups in total. The molecule has 1 unspecified atom stereocenters. The van der Waals surface area contributed by atoms with E-state index in [0.29, 0.717) is 24.6 Å². The highest BCUT2D eigenvalue weighted by atomic mass is 35.5. The van der Waals surface area contributed by atoms with Crippen molar-refractivity contribution in [1.29, 1.82) is 0 Å². The molecule has 0 aliphatic heterocycles. The van der Waals surface area contributed by atoms with Gasteiger partial charge in [-0.15, -0.1) is 0 Å². The van der Waals surface area contributed by atoms with Crippen LogP contribution in [0, 0.1) is 0 Å². The Morgan fingerprint density at radius 3 is 2.58 bits per heavy atom. The third kappa shape index (κ3) is 7.18. The highest BCUT2D eigenvalue weighted by Gasteiger charge is 2.07. The highest BCUT2D eigenvalue weighted by molar-refractivity contribution is 7.84. The molecule has 6 heteroatoms. The maximum Gasteiger partial charge on any atom is 0.193 e. The lowest BCUT2D eigenvalue weighted by molar-refractivity contribution is 0.477. The summed E-state index contributed by atoms with van der Waals surface area (Å²) >= 11 is 6.06. The fourth-order valence-corrected chi connectivity index (χ4v) is 3.76. The molecular weight excluding hydrogens is 366 g/mol. The largest absolute Gasteiger partial charge is 0.357 e. The van der Waals surface area contributed by atoms with Crippen LogP contribution in [-0.4, -0.2) is 41.0 Å². The smallest absolute Gasteiger partial charge is 0.193 e. The first kappa shape index (κ1) is 20.5. The average Bonchev–Trinajstić information content (AvgIpc) is 2.62. The lowest BCUT2D eigenvalue weighted by Gasteiger charge is -2.22. The summed E-state index contributed by atoms with van der Waals surface area (Å²) in [5, 5.41) is 4.02. The van der Waals surface area contributed by atoms with Crippen LogP contribution in [0.25, 0.3) is 0 Å². The van der Waals surface area contributed by atoms with Crippen molar-refractivity contribution >= 4 is 28.4 Å². The van der Waals surface area contributed by atoms with Gasteiger partial charge in [0.15, 0.2) is 5.96 Å². The van der Waals surface area contributed by atoms with Gasteiger partial charge >= 0.3 is 0 Å². The number of rotatable bonds is 8. The number of nitrogens with one attached hydrogen (secondary N) is 1. The maximum atomic E-state index is 12.2. The molecule has 0 aliphatic carbocycles. The Kier molecular flexibility index (Phi) is 8.65. The maximum absolute atomic E-state index is 12.2. The molecule has 0 radical (unpaired) electrons. The van der Waals surface area contributed by atoms with Crippen LogP contribution in [0.4, 0.5) is 0 Å². The summed E-state index contributed by atoms with van der Waals surface area (Å²) in [7, 11) is 1.07. The third-order valence-corrected chi connectivity index (χ3v) is 5.28. The summed E-state index contributed by atoms with van der Waals surface area (Å²) in [6.45, 7) is 4.06. The third-order valence-electron chi connectivity index (χ3n) is 3.76. The first-order valence-electron chi connectivity index (χ1n) is 8.71. The van der Waals surface area contributed by atoms with E-state index in [1.54, 1.807) is 0 Å². The van der Waals surface area contributed by atoms with Gasteiger partial charge in [0.1, 0.15) is 0 Å². The Morgan fingerprint density at radius 2 is 1.88 bits per heavy atom. The van der Waals surface area contributed by atoms with E-state index in [9.17, 15) is 4.21 Å². The molecule has 0 aliphatic rings. The molecule has 2 rings (SSSR count). The number of halogens is 1. The van der Waals surface area contributed by atoms with Crippen molar-refractivity contribution in [2.45, 2.75) is 19.2 Å². The molecule has 0 aromatic heterocycles. The van der Waals surface area contributed by atoms with Crippen LogP contribution in [0.2, 0.25) is 5.02 Å². The number of hydrogen-bond acceptors (Lipinski definition) is 2. The molecular formula is C20H26ClN3OS. The van der Waals surface area contributed by atoms with Crippen LogP contribution in [0.1, 0.15) is 18.1 Å². The van der Waals surface area contributed by atoms with Crippen molar-refractivity contribution in [2.75, 3.05) is 25.9 Å². The Bertz CT molecular complexity index is 737. The first-order chi connectivity index (χ1) is 12.6. The zero-order valence-electron chi connectivity index (χ0n) is 15.3. The van der Waals surface area contributed by atoms with E-state index in [1.165, 1.54) is 0 Å².